The first-order valence-electron chi connectivity index (χ1n) is 6.63. The van der Waals surface area contributed by atoms with Crippen molar-refractivity contribution in [2.75, 3.05) is 19.6 Å². The minimum absolute atomic E-state index is 0.550. The summed E-state index contributed by atoms with van der Waals surface area (Å²) in [4.78, 5) is 2.58. The van der Waals surface area contributed by atoms with Crippen LogP contribution in [0.2, 0.25) is 0 Å². The van der Waals surface area contributed by atoms with E-state index in [2.05, 4.69) is 44.5 Å². The largest absolute Gasteiger partial charge is 0.311 e. The highest BCUT2D eigenvalue weighted by atomic mass is 15.2. The molecule has 94 valence electrons. The molecule has 1 heterocycles. The van der Waals surface area contributed by atoms with Gasteiger partial charge in [0.1, 0.15) is 0 Å². The van der Waals surface area contributed by atoms with Crippen molar-refractivity contribution in [2.45, 2.75) is 52.6 Å². The standard InChI is InChI=1S/C14H28N2/c1-11(2)15-8-13(4)10-16-9-12(3)6-7-14(16)5/h11-12,14-15H,4,6-10H2,1-3,5H3. The summed E-state index contributed by atoms with van der Waals surface area (Å²) in [7, 11) is 0. The molecule has 1 N–H and O–H groups in total. The Balaban J connectivity index is 2.31. The summed E-state index contributed by atoms with van der Waals surface area (Å²) in [5.74, 6) is 0.849. The van der Waals surface area contributed by atoms with Crippen LogP contribution in [0.15, 0.2) is 12.2 Å². The third-order valence-corrected chi connectivity index (χ3v) is 3.43. The minimum Gasteiger partial charge on any atom is -0.311 e. The zero-order valence-electron chi connectivity index (χ0n) is 11.4. The Bertz CT molecular complexity index is 223. The molecule has 0 bridgehead atoms. The Labute approximate surface area is 101 Å². The molecular weight excluding hydrogens is 196 g/mol. The molecule has 0 radical (unpaired) electrons. The fourth-order valence-electron chi connectivity index (χ4n) is 2.29. The van der Waals surface area contributed by atoms with E-state index in [0.29, 0.717) is 6.04 Å². The molecule has 2 heteroatoms. The Morgan fingerprint density at radius 1 is 1.38 bits per heavy atom. The molecule has 1 fully saturated rings. The molecule has 0 aromatic carbocycles. The van der Waals surface area contributed by atoms with E-state index in [1.165, 1.54) is 25.0 Å². The zero-order chi connectivity index (χ0) is 12.1. The van der Waals surface area contributed by atoms with Gasteiger partial charge in [0.2, 0.25) is 0 Å². The van der Waals surface area contributed by atoms with E-state index in [9.17, 15) is 0 Å². The Morgan fingerprint density at radius 3 is 2.69 bits per heavy atom. The second kappa shape index (κ2) is 6.41. The van der Waals surface area contributed by atoms with Gasteiger partial charge in [0.05, 0.1) is 0 Å². The van der Waals surface area contributed by atoms with E-state index in [-0.39, 0.29) is 0 Å². The number of hydrogen-bond acceptors (Lipinski definition) is 2. The van der Waals surface area contributed by atoms with E-state index < -0.39 is 0 Å². The second-order valence-corrected chi connectivity index (χ2v) is 5.75. The first kappa shape index (κ1) is 13.7. The molecule has 16 heavy (non-hydrogen) atoms. The minimum atomic E-state index is 0.550. The zero-order valence-corrected chi connectivity index (χ0v) is 11.4. The smallest absolute Gasteiger partial charge is 0.0205 e. The molecule has 0 aromatic heterocycles. The van der Waals surface area contributed by atoms with E-state index >= 15 is 0 Å². The average Bonchev–Trinajstić information content (AvgIpc) is 2.20. The van der Waals surface area contributed by atoms with Crippen LogP contribution in [0.1, 0.15) is 40.5 Å². The maximum Gasteiger partial charge on any atom is 0.0205 e. The predicted octanol–water partition coefficient (Wildman–Crippen LogP) is 2.66. The SMILES string of the molecule is C=C(CNC(C)C)CN1CC(C)CCC1C. The van der Waals surface area contributed by atoms with Crippen molar-refractivity contribution in [2.24, 2.45) is 5.92 Å². The summed E-state index contributed by atoms with van der Waals surface area (Å²) in [6.07, 6.45) is 2.72. The topological polar surface area (TPSA) is 15.3 Å². The van der Waals surface area contributed by atoms with Crippen LogP contribution in [0.5, 0.6) is 0 Å². The van der Waals surface area contributed by atoms with Crippen molar-refractivity contribution >= 4 is 0 Å². The summed E-state index contributed by atoms with van der Waals surface area (Å²) < 4.78 is 0. The van der Waals surface area contributed by atoms with E-state index in [4.69, 9.17) is 0 Å². The molecule has 0 spiro atoms. The van der Waals surface area contributed by atoms with Crippen LogP contribution in [0, 0.1) is 5.92 Å². The lowest BCUT2D eigenvalue weighted by Crippen LogP contribution is -2.43. The quantitative estimate of drug-likeness (QED) is 0.722. The van der Waals surface area contributed by atoms with Gasteiger partial charge in [-0.2, -0.15) is 0 Å². The number of piperidine rings is 1. The van der Waals surface area contributed by atoms with Crippen LogP contribution in [0.25, 0.3) is 0 Å². The molecule has 0 aromatic rings. The third kappa shape index (κ3) is 4.67. The van der Waals surface area contributed by atoms with Crippen molar-refractivity contribution < 1.29 is 0 Å². The molecule has 2 nitrogen and oxygen atoms in total. The van der Waals surface area contributed by atoms with Gasteiger partial charge in [-0.25, -0.2) is 0 Å². The summed E-state index contributed by atoms with van der Waals surface area (Å²) in [5, 5.41) is 3.43. The maximum atomic E-state index is 4.18. The number of nitrogens with zero attached hydrogens (tertiary/aromatic N) is 1. The van der Waals surface area contributed by atoms with Gasteiger partial charge in [0.25, 0.3) is 0 Å². The lowest BCUT2D eigenvalue weighted by molar-refractivity contribution is 0.136. The highest BCUT2D eigenvalue weighted by molar-refractivity contribution is 5.01. The second-order valence-electron chi connectivity index (χ2n) is 5.75. The van der Waals surface area contributed by atoms with Gasteiger partial charge in [-0.3, -0.25) is 4.90 Å². The molecule has 1 rings (SSSR count). The number of likely N-dealkylation sites (tertiary alicyclic amines) is 1. The highest BCUT2D eigenvalue weighted by Gasteiger charge is 2.22. The fraction of sp³-hybridized carbons (Fsp3) is 0.857. The van der Waals surface area contributed by atoms with Gasteiger partial charge in [-0.05, 0) is 31.3 Å². The van der Waals surface area contributed by atoms with Crippen LogP contribution in [0.4, 0.5) is 0 Å². The van der Waals surface area contributed by atoms with Crippen molar-refractivity contribution in [1.29, 1.82) is 0 Å². The molecule has 0 amide bonds. The van der Waals surface area contributed by atoms with Gasteiger partial charge in [0.15, 0.2) is 0 Å². The summed E-state index contributed by atoms with van der Waals surface area (Å²) in [6.45, 7) is 16.5. The van der Waals surface area contributed by atoms with Crippen LogP contribution < -0.4 is 5.32 Å². The number of rotatable bonds is 5. The molecule has 0 aliphatic carbocycles. The lowest BCUT2D eigenvalue weighted by atomic mass is 9.94. The molecule has 1 saturated heterocycles. The normalized spacial score (nSPS) is 27.3. The first-order chi connectivity index (χ1) is 7.49. The first-order valence-corrected chi connectivity index (χ1v) is 6.63. The van der Waals surface area contributed by atoms with Crippen molar-refractivity contribution in [1.82, 2.24) is 10.2 Å². The van der Waals surface area contributed by atoms with Crippen LogP contribution in [-0.4, -0.2) is 36.6 Å². The summed E-state index contributed by atoms with van der Waals surface area (Å²) >= 11 is 0. The number of nitrogens with one attached hydrogen (secondary N) is 1. The molecule has 0 saturated carbocycles. The lowest BCUT2D eigenvalue weighted by Gasteiger charge is -2.37. The Kier molecular flexibility index (Phi) is 5.50. The molecular formula is C14H28N2. The summed E-state index contributed by atoms with van der Waals surface area (Å²) in [6, 6.07) is 1.28. The molecule has 1 aliphatic rings. The van der Waals surface area contributed by atoms with E-state index in [0.717, 1.165) is 25.0 Å². The maximum absolute atomic E-state index is 4.18. The van der Waals surface area contributed by atoms with Crippen molar-refractivity contribution in [3.8, 4) is 0 Å². The predicted molar refractivity (Wildman–Crippen MR) is 71.7 cm³/mol. The average molecular weight is 224 g/mol. The fourth-order valence-corrected chi connectivity index (χ4v) is 2.29. The van der Waals surface area contributed by atoms with Crippen molar-refractivity contribution in [3.05, 3.63) is 12.2 Å². The molecule has 2 unspecified atom stereocenters. The summed E-state index contributed by atoms with van der Waals surface area (Å²) in [5.41, 5.74) is 1.31. The van der Waals surface area contributed by atoms with Crippen LogP contribution >= 0.6 is 0 Å². The van der Waals surface area contributed by atoms with Crippen molar-refractivity contribution in [3.63, 3.8) is 0 Å². The van der Waals surface area contributed by atoms with E-state index in [1.807, 2.05) is 0 Å². The third-order valence-electron chi connectivity index (χ3n) is 3.43. The van der Waals surface area contributed by atoms with Gasteiger partial charge in [0, 0.05) is 31.7 Å². The molecule has 2 atom stereocenters. The van der Waals surface area contributed by atoms with Crippen LogP contribution in [-0.2, 0) is 0 Å². The highest BCUT2D eigenvalue weighted by Crippen LogP contribution is 2.21. The monoisotopic (exact) mass is 224 g/mol. The Hall–Kier alpha value is -0.340. The van der Waals surface area contributed by atoms with E-state index in [1.54, 1.807) is 0 Å². The molecule has 1 aliphatic heterocycles. The van der Waals surface area contributed by atoms with Gasteiger partial charge >= 0.3 is 0 Å². The number of hydrogen-bond donors (Lipinski definition) is 1. The Morgan fingerprint density at radius 2 is 2.06 bits per heavy atom. The van der Waals surface area contributed by atoms with Gasteiger partial charge in [-0.15, -0.1) is 0 Å². The van der Waals surface area contributed by atoms with Crippen LogP contribution in [0.3, 0.4) is 0 Å². The van der Waals surface area contributed by atoms with Gasteiger partial charge in [-0.1, -0.05) is 27.4 Å². The van der Waals surface area contributed by atoms with Gasteiger partial charge < -0.3 is 5.32 Å².